The zero-order valence-electron chi connectivity index (χ0n) is 21.8. The molecule has 0 unspecified atom stereocenters. The third-order valence-corrected chi connectivity index (χ3v) is 8.05. The van der Waals surface area contributed by atoms with Crippen LogP contribution < -0.4 is 14.4 Å². The molecule has 0 saturated carbocycles. The zero-order chi connectivity index (χ0) is 28.7. The van der Waals surface area contributed by atoms with E-state index < -0.39 is 21.9 Å². The largest absolute Gasteiger partial charge is 0.497 e. The van der Waals surface area contributed by atoms with Crippen LogP contribution in [0, 0.1) is 0 Å². The van der Waals surface area contributed by atoms with E-state index in [-0.39, 0.29) is 45.6 Å². The summed E-state index contributed by atoms with van der Waals surface area (Å²) in [5, 5.41) is 2.86. The zero-order valence-corrected chi connectivity index (χ0v) is 23.4. The first kappa shape index (κ1) is 28.7. The Kier molecular flexibility index (Phi) is 9.08. The van der Waals surface area contributed by atoms with Crippen molar-refractivity contribution in [3.8, 4) is 5.75 Å². The molecule has 0 aliphatic heterocycles. The second-order valence-corrected chi connectivity index (χ2v) is 10.8. The number of sulfonamides is 1. The molecule has 0 aromatic heterocycles. The van der Waals surface area contributed by atoms with E-state index in [9.17, 15) is 18.0 Å². The van der Waals surface area contributed by atoms with Gasteiger partial charge in [0.2, 0.25) is 0 Å². The van der Waals surface area contributed by atoms with Gasteiger partial charge in [0.25, 0.3) is 15.9 Å². The van der Waals surface area contributed by atoms with Crippen LogP contribution in [0.2, 0.25) is 5.02 Å². The smallest absolute Gasteiger partial charge is 0.338 e. The van der Waals surface area contributed by atoms with Gasteiger partial charge in [-0.25, -0.2) is 13.2 Å². The molecule has 0 radical (unpaired) electrons. The maximum atomic E-state index is 14.0. The Labute approximate surface area is 238 Å². The van der Waals surface area contributed by atoms with Gasteiger partial charge < -0.3 is 14.8 Å². The number of halogens is 1. The number of hydrogen-bond acceptors (Lipinski definition) is 6. The summed E-state index contributed by atoms with van der Waals surface area (Å²) in [6.07, 6.45) is 0. The van der Waals surface area contributed by atoms with Crippen LogP contribution >= 0.6 is 11.6 Å². The number of rotatable bonds is 10. The summed E-state index contributed by atoms with van der Waals surface area (Å²) in [6.45, 7) is 1.89. The third kappa shape index (κ3) is 6.44. The number of carbonyl (C=O) groups is 2. The molecule has 4 rings (SSSR count). The van der Waals surface area contributed by atoms with Gasteiger partial charge in [0, 0.05) is 0 Å². The quantitative estimate of drug-likeness (QED) is 0.226. The highest BCUT2D eigenvalue weighted by atomic mass is 35.5. The highest BCUT2D eigenvalue weighted by Gasteiger charge is 2.29. The van der Waals surface area contributed by atoms with Crippen LogP contribution in [0.4, 0.5) is 11.4 Å². The highest BCUT2D eigenvalue weighted by molar-refractivity contribution is 7.92. The first-order chi connectivity index (χ1) is 19.2. The Hall–Kier alpha value is -4.34. The van der Waals surface area contributed by atoms with Gasteiger partial charge in [0.05, 0.1) is 52.7 Å². The molecule has 8 nitrogen and oxygen atoms in total. The highest BCUT2D eigenvalue weighted by Crippen LogP contribution is 2.31. The van der Waals surface area contributed by atoms with Crippen molar-refractivity contribution in [2.24, 2.45) is 0 Å². The normalized spacial score (nSPS) is 11.0. The van der Waals surface area contributed by atoms with Crippen LogP contribution in [0.15, 0.2) is 102 Å². The number of carbonyl (C=O) groups excluding carboxylic acids is 2. The number of methoxy groups -OCH3 is 1. The molecule has 0 bridgehead atoms. The monoisotopic (exact) mass is 578 g/mol. The lowest BCUT2D eigenvalue weighted by molar-refractivity contribution is 0.0526. The van der Waals surface area contributed by atoms with Crippen molar-refractivity contribution >= 4 is 44.9 Å². The van der Waals surface area contributed by atoms with Crippen LogP contribution in [0.25, 0.3) is 0 Å². The van der Waals surface area contributed by atoms with Crippen LogP contribution in [-0.2, 0) is 21.3 Å². The summed E-state index contributed by atoms with van der Waals surface area (Å²) in [7, 11) is -2.62. The fourth-order valence-corrected chi connectivity index (χ4v) is 5.65. The first-order valence-electron chi connectivity index (χ1n) is 12.3. The Morgan fingerprint density at radius 1 is 0.900 bits per heavy atom. The SMILES string of the molecule is CCOC(=O)c1ccc(NC(=O)c2ccccc2N(Cc2ccccc2)S(=O)(=O)c2ccc(OC)cc2)c(Cl)c1. The summed E-state index contributed by atoms with van der Waals surface area (Å²) < 4.78 is 39.3. The maximum Gasteiger partial charge on any atom is 0.338 e. The molecule has 4 aromatic carbocycles. The average molecular weight is 579 g/mol. The number of ether oxygens (including phenoxy) is 2. The van der Waals surface area contributed by atoms with Crippen LogP contribution in [-0.4, -0.2) is 34.0 Å². The minimum Gasteiger partial charge on any atom is -0.497 e. The van der Waals surface area contributed by atoms with E-state index in [4.69, 9.17) is 21.1 Å². The first-order valence-corrected chi connectivity index (χ1v) is 14.1. The Morgan fingerprint density at radius 2 is 1.57 bits per heavy atom. The second-order valence-electron chi connectivity index (χ2n) is 8.56. The fourth-order valence-electron chi connectivity index (χ4n) is 3.95. The van der Waals surface area contributed by atoms with Crippen molar-refractivity contribution < 1.29 is 27.5 Å². The Bertz CT molecular complexity index is 1610. The molecule has 206 valence electrons. The number of para-hydroxylation sites is 1. The van der Waals surface area contributed by atoms with Crippen LogP contribution in [0.3, 0.4) is 0 Å². The number of nitrogens with zero attached hydrogens (tertiary/aromatic N) is 1. The van der Waals surface area contributed by atoms with Crippen molar-refractivity contribution in [3.05, 3.63) is 119 Å². The maximum absolute atomic E-state index is 14.0. The molecule has 1 amide bonds. The molecule has 40 heavy (non-hydrogen) atoms. The fraction of sp³-hybridized carbons (Fsp3) is 0.133. The number of hydrogen-bond donors (Lipinski definition) is 1. The Morgan fingerprint density at radius 3 is 2.23 bits per heavy atom. The molecule has 0 aliphatic rings. The van der Waals surface area contributed by atoms with Crippen molar-refractivity contribution in [1.29, 1.82) is 0 Å². The van der Waals surface area contributed by atoms with Gasteiger partial charge in [-0.15, -0.1) is 0 Å². The molecule has 0 fully saturated rings. The van der Waals surface area contributed by atoms with Gasteiger partial charge in [0.15, 0.2) is 0 Å². The minimum absolute atomic E-state index is 0.0194. The van der Waals surface area contributed by atoms with E-state index in [1.807, 2.05) is 30.3 Å². The van der Waals surface area contributed by atoms with Crippen LogP contribution in [0.1, 0.15) is 33.2 Å². The number of anilines is 2. The van der Waals surface area contributed by atoms with Crippen molar-refractivity contribution in [2.75, 3.05) is 23.3 Å². The van der Waals surface area contributed by atoms with Crippen molar-refractivity contribution in [3.63, 3.8) is 0 Å². The van der Waals surface area contributed by atoms with Crippen molar-refractivity contribution in [1.82, 2.24) is 0 Å². The van der Waals surface area contributed by atoms with E-state index in [2.05, 4.69) is 5.32 Å². The molecule has 10 heteroatoms. The summed E-state index contributed by atoms with van der Waals surface area (Å²) in [4.78, 5) is 25.6. The lowest BCUT2D eigenvalue weighted by atomic mass is 10.1. The molecule has 4 aromatic rings. The lowest BCUT2D eigenvalue weighted by Gasteiger charge is -2.27. The number of benzene rings is 4. The standard InChI is InChI=1S/C30H27ClN2O6S/c1-3-39-30(35)22-13-18-27(26(31)19-22)32-29(34)25-11-7-8-12-28(25)33(20-21-9-5-4-6-10-21)40(36,37)24-16-14-23(38-2)15-17-24/h4-19H,3,20H2,1-2H3,(H,32,34). The molecule has 0 spiro atoms. The van der Waals surface area contributed by atoms with E-state index in [0.717, 1.165) is 5.56 Å². The molecular formula is C30H27ClN2O6S. The van der Waals surface area contributed by atoms with Gasteiger partial charge in [0.1, 0.15) is 5.75 Å². The minimum atomic E-state index is -4.11. The van der Waals surface area contributed by atoms with E-state index in [1.54, 1.807) is 37.3 Å². The van der Waals surface area contributed by atoms with E-state index in [1.165, 1.54) is 47.8 Å². The molecule has 1 N–H and O–H groups in total. The van der Waals surface area contributed by atoms with Gasteiger partial charge in [-0.1, -0.05) is 54.1 Å². The molecule has 0 atom stereocenters. The van der Waals surface area contributed by atoms with Crippen LogP contribution in [0.5, 0.6) is 5.75 Å². The average Bonchev–Trinajstić information content (AvgIpc) is 2.97. The van der Waals surface area contributed by atoms with Crippen molar-refractivity contribution in [2.45, 2.75) is 18.4 Å². The summed E-state index contributed by atoms with van der Waals surface area (Å²) in [5.41, 5.74) is 1.51. The van der Waals surface area contributed by atoms with E-state index >= 15 is 0 Å². The predicted molar refractivity (Wildman–Crippen MR) is 155 cm³/mol. The third-order valence-electron chi connectivity index (χ3n) is 5.96. The summed E-state index contributed by atoms with van der Waals surface area (Å²) in [5.74, 6) is -0.600. The summed E-state index contributed by atoms with van der Waals surface area (Å²) in [6, 6.07) is 25.9. The van der Waals surface area contributed by atoms with Gasteiger partial charge in [-0.3, -0.25) is 9.10 Å². The number of nitrogens with one attached hydrogen (secondary N) is 1. The molecule has 0 heterocycles. The van der Waals surface area contributed by atoms with E-state index in [0.29, 0.717) is 5.75 Å². The Balaban J connectivity index is 1.73. The molecule has 0 saturated heterocycles. The number of amides is 1. The summed E-state index contributed by atoms with van der Waals surface area (Å²) >= 11 is 6.35. The molecule has 0 aliphatic carbocycles. The number of esters is 1. The van der Waals surface area contributed by atoms with Gasteiger partial charge in [-0.2, -0.15) is 0 Å². The van der Waals surface area contributed by atoms with Gasteiger partial charge in [-0.05, 0) is 67.1 Å². The second kappa shape index (κ2) is 12.7. The lowest BCUT2D eigenvalue weighted by Crippen LogP contribution is -2.32. The molecular weight excluding hydrogens is 552 g/mol. The topological polar surface area (TPSA) is 102 Å². The predicted octanol–water partition coefficient (Wildman–Crippen LogP) is 6.17. The van der Waals surface area contributed by atoms with Gasteiger partial charge >= 0.3 is 5.97 Å².